The molecule has 2 rings (SSSR count). The number of halogens is 1. The van der Waals surface area contributed by atoms with Crippen molar-refractivity contribution in [3.8, 4) is 5.69 Å². The van der Waals surface area contributed by atoms with Gasteiger partial charge in [0.25, 0.3) is 0 Å². The smallest absolute Gasteiger partial charge is 0.305 e. The lowest BCUT2D eigenvalue weighted by atomic mass is 10.3. The minimum absolute atomic E-state index is 0.150. The van der Waals surface area contributed by atoms with E-state index in [2.05, 4.69) is 10.3 Å². The van der Waals surface area contributed by atoms with E-state index in [4.69, 9.17) is 4.74 Å². The van der Waals surface area contributed by atoms with Gasteiger partial charge >= 0.3 is 5.97 Å². The van der Waals surface area contributed by atoms with Crippen molar-refractivity contribution in [2.45, 2.75) is 24.9 Å². The van der Waals surface area contributed by atoms with Crippen LogP contribution in [0.15, 0.2) is 41.8 Å². The van der Waals surface area contributed by atoms with Crippen LogP contribution in [0.4, 0.5) is 4.39 Å². The molecule has 134 valence electrons. The Bertz CT molecular complexity index is 721. The van der Waals surface area contributed by atoms with Crippen LogP contribution in [0.1, 0.15) is 19.8 Å². The molecule has 2 aromatic rings. The summed E-state index contributed by atoms with van der Waals surface area (Å²) in [6.45, 7) is 2.53. The highest BCUT2D eigenvalue weighted by Gasteiger charge is 2.10. The third-order valence-electron chi connectivity index (χ3n) is 3.21. The third kappa shape index (κ3) is 6.22. The second-order valence-electron chi connectivity index (χ2n) is 5.11. The van der Waals surface area contributed by atoms with Gasteiger partial charge in [0.2, 0.25) is 5.91 Å². The summed E-state index contributed by atoms with van der Waals surface area (Å²) in [5.74, 6) is -0.557. The molecule has 1 N–H and O–H groups in total. The van der Waals surface area contributed by atoms with E-state index in [0.717, 1.165) is 0 Å². The molecule has 0 saturated carbocycles. The Morgan fingerprint density at radius 3 is 3.00 bits per heavy atom. The summed E-state index contributed by atoms with van der Waals surface area (Å²) in [4.78, 5) is 27.3. The second-order valence-corrected chi connectivity index (χ2v) is 6.05. The summed E-state index contributed by atoms with van der Waals surface area (Å²) in [7, 11) is 0. The first kappa shape index (κ1) is 19.0. The molecule has 0 fully saturated rings. The van der Waals surface area contributed by atoms with Crippen LogP contribution in [0.5, 0.6) is 0 Å². The Hall–Kier alpha value is -2.35. The Morgan fingerprint density at radius 1 is 1.40 bits per heavy atom. The van der Waals surface area contributed by atoms with Crippen LogP contribution in [0.3, 0.4) is 0 Å². The van der Waals surface area contributed by atoms with Crippen molar-refractivity contribution >= 4 is 23.6 Å². The standard InChI is InChI=1S/C17H20FN3O3S/c1-2-24-16(23)7-4-8-19-15(22)12-25-17-20-9-10-21(17)14-6-3-5-13(18)11-14/h3,5-6,9-11H,2,4,7-8,12H2,1H3,(H,19,22). The lowest BCUT2D eigenvalue weighted by Gasteiger charge is -2.08. The molecule has 6 nitrogen and oxygen atoms in total. The molecule has 0 spiro atoms. The van der Waals surface area contributed by atoms with Gasteiger partial charge in [0.15, 0.2) is 5.16 Å². The minimum Gasteiger partial charge on any atom is -0.466 e. The molecule has 1 heterocycles. The molecule has 1 amide bonds. The molecule has 0 saturated heterocycles. The first-order chi connectivity index (χ1) is 12.1. The van der Waals surface area contributed by atoms with Crippen LogP contribution in [0.2, 0.25) is 0 Å². The highest BCUT2D eigenvalue weighted by atomic mass is 32.2. The summed E-state index contributed by atoms with van der Waals surface area (Å²) in [6.07, 6.45) is 4.14. The summed E-state index contributed by atoms with van der Waals surface area (Å²) >= 11 is 1.26. The average molecular weight is 365 g/mol. The fourth-order valence-corrected chi connectivity index (χ4v) is 2.90. The summed E-state index contributed by atoms with van der Waals surface area (Å²) in [5.41, 5.74) is 0.648. The summed E-state index contributed by atoms with van der Waals surface area (Å²) in [5, 5.41) is 3.35. The maximum Gasteiger partial charge on any atom is 0.305 e. The number of hydrogen-bond donors (Lipinski definition) is 1. The van der Waals surface area contributed by atoms with Crippen LogP contribution in [0, 0.1) is 5.82 Å². The number of imidazole rings is 1. The van der Waals surface area contributed by atoms with Gasteiger partial charge in [-0.25, -0.2) is 9.37 Å². The van der Waals surface area contributed by atoms with Crippen molar-refractivity contribution in [1.82, 2.24) is 14.9 Å². The Kier molecular flexibility index (Phi) is 7.46. The molecule has 0 atom stereocenters. The second kappa shape index (κ2) is 9.83. The SMILES string of the molecule is CCOC(=O)CCCNC(=O)CSc1nccn1-c1cccc(F)c1. The van der Waals surface area contributed by atoms with Gasteiger partial charge in [0.05, 0.1) is 18.0 Å². The predicted octanol–water partition coefficient (Wildman–Crippen LogP) is 2.56. The zero-order valence-electron chi connectivity index (χ0n) is 13.9. The van der Waals surface area contributed by atoms with Gasteiger partial charge in [-0.15, -0.1) is 0 Å². The fraction of sp³-hybridized carbons (Fsp3) is 0.353. The number of aromatic nitrogens is 2. The van der Waals surface area contributed by atoms with Gasteiger partial charge in [0, 0.05) is 25.4 Å². The highest BCUT2D eigenvalue weighted by molar-refractivity contribution is 7.99. The third-order valence-corrected chi connectivity index (χ3v) is 4.18. The molecule has 1 aromatic carbocycles. The van der Waals surface area contributed by atoms with Crippen molar-refractivity contribution < 1.29 is 18.7 Å². The van der Waals surface area contributed by atoms with E-state index in [-0.39, 0.29) is 29.9 Å². The lowest BCUT2D eigenvalue weighted by Crippen LogP contribution is -2.26. The van der Waals surface area contributed by atoms with Gasteiger partial charge in [-0.3, -0.25) is 14.2 Å². The number of thioether (sulfide) groups is 1. The highest BCUT2D eigenvalue weighted by Crippen LogP contribution is 2.20. The number of nitrogens with zero attached hydrogens (tertiary/aromatic N) is 2. The van der Waals surface area contributed by atoms with Crippen LogP contribution in [0.25, 0.3) is 5.69 Å². The molecule has 25 heavy (non-hydrogen) atoms. The summed E-state index contributed by atoms with van der Waals surface area (Å²) in [6, 6.07) is 6.16. The quantitative estimate of drug-likeness (QED) is 0.420. The Balaban J connectivity index is 1.77. The van der Waals surface area contributed by atoms with E-state index in [1.54, 1.807) is 36.0 Å². The number of carbonyl (C=O) groups is 2. The molecular formula is C17H20FN3O3S. The van der Waals surface area contributed by atoms with Crippen molar-refractivity contribution in [3.05, 3.63) is 42.5 Å². The number of rotatable bonds is 9. The van der Waals surface area contributed by atoms with Crippen LogP contribution in [-0.4, -0.2) is 40.3 Å². The van der Waals surface area contributed by atoms with Crippen molar-refractivity contribution in [2.75, 3.05) is 18.9 Å². The summed E-state index contributed by atoms with van der Waals surface area (Å²) < 4.78 is 19.9. The number of carbonyl (C=O) groups excluding carboxylic acids is 2. The molecule has 0 radical (unpaired) electrons. The van der Waals surface area contributed by atoms with E-state index in [1.807, 2.05) is 0 Å². The van der Waals surface area contributed by atoms with E-state index >= 15 is 0 Å². The molecule has 1 aromatic heterocycles. The molecule has 0 bridgehead atoms. The van der Waals surface area contributed by atoms with Crippen LogP contribution in [-0.2, 0) is 14.3 Å². The minimum atomic E-state index is -0.332. The van der Waals surface area contributed by atoms with Crippen molar-refractivity contribution in [3.63, 3.8) is 0 Å². The molecular weight excluding hydrogens is 345 g/mol. The molecule has 0 aliphatic carbocycles. The first-order valence-electron chi connectivity index (χ1n) is 7.94. The van der Waals surface area contributed by atoms with Gasteiger partial charge in [-0.2, -0.15) is 0 Å². The largest absolute Gasteiger partial charge is 0.466 e. The Labute approximate surface area is 149 Å². The maximum atomic E-state index is 13.3. The van der Waals surface area contributed by atoms with Gasteiger partial charge < -0.3 is 10.1 Å². The van der Waals surface area contributed by atoms with Gasteiger partial charge in [0.1, 0.15) is 5.82 Å². The van der Waals surface area contributed by atoms with Crippen LogP contribution < -0.4 is 5.32 Å². The van der Waals surface area contributed by atoms with E-state index in [1.165, 1.54) is 23.9 Å². The van der Waals surface area contributed by atoms with Crippen molar-refractivity contribution in [2.24, 2.45) is 0 Å². The average Bonchev–Trinajstić information content (AvgIpc) is 3.06. The number of nitrogens with one attached hydrogen (secondary N) is 1. The number of hydrogen-bond acceptors (Lipinski definition) is 5. The molecule has 0 unspecified atom stereocenters. The maximum absolute atomic E-state index is 13.3. The van der Waals surface area contributed by atoms with Crippen LogP contribution >= 0.6 is 11.8 Å². The van der Waals surface area contributed by atoms with Crippen molar-refractivity contribution in [1.29, 1.82) is 0 Å². The predicted molar refractivity (Wildman–Crippen MR) is 93.1 cm³/mol. The monoisotopic (exact) mass is 365 g/mol. The molecule has 0 aliphatic heterocycles. The number of amides is 1. The first-order valence-corrected chi connectivity index (χ1v) is 8.93. The topological polar surface area (TPSA) is 73.2 Å². The zero-order chi connectivity index (χ0) is 18.1. The molecule has 8 heteroatoms. The van der Waals surface area contributed by atoms with E-state index in [9.17, 15) is 14.0 Å². The zero-order valence-corrected chi connectivity index (χ0v) is 14.7. The Morgan fingerprint density at radius 2 is 2.24 bits per heavy atom. The number of esters is 1. The van der Waals surface area contributed by atoms with Gasteiger partial charge in [-0.05, 0) is 31.5 Å². The number of benzene rings is 1. The lowest BCUT2D eigenvalue weighted by molar-refractivity contribution is -0.143. The van der Waals surface area contributed by atoms with E-state index in [0.29, 0.717) is 30.4 Å². The fourth-order valence-electron chi connectivity index (χ4n) is 2.09. The molecule has 0 aliphatic rings. The van der Waals surface area contributed by atoms with Gasteiger partial charge in [-0.1, -0.05) is 17.8 Å². The number of ether oxygens (including phenoxy) is 1. The normalized spacial score (nSPS) is 10.5. The van der Waals surface area contributed by atoms with E-state index < -0.39 is 0 Å².